The van der Waals surface area contributed by atoms with E-state index in [1.807, 2.05) is 32.8 Å². The molecule has 7 heteroatoms. The van der Waals surface area contributed by atoms with Crippen molar-refractivity contribution in [1.82, 2.24) is 10.2 Å². The van der Waals surface area contributed by atoms with Gasteiger partial charge in [0.05, 0.1) is 11.5 Å². The van der Waals surface area contributed by atoms with Crippen LogP contribution in [0.1, 0.15) is 19.4 Å². The van der Waals surface area contributed by atoms with E-state index in [0.29, 0.717) is 17.3 Å². The Balaban J connectivity index is 2.05. The van der Waals surface area contributed by atoms with E-state index in [9.17, 15) is 14.7 Å². The van der Waals surface area contributed by atoms with Gasteiger partial charge in [0.2, 0.25) is 11.8 Å². The van der Waals surface area contributed by atoms with Crippen LogP contribution in [0.2, 0.25) is 5.02 Å². The topological polar surface area (TPSA) is 72.9 Å². The summed E-state index contributed by atoms with van der Waals surface area (Å²) in [6.45, 7) is 4.17. The number of rotatable bonds is 6. The van der Waals surface area contributed by atoms with Crippen LogP contribution in [0.25, 0.3) is 0 Å². The van der Waals surface area contributed by atoms with E-state index in [-0.39, 0.29) is 24.9 Å². The van der Waals surface area contributed by atoms with E-state index in [1.54, 1.807) is 18.2 Å². The third-order valence-corrected chi connectivity index (χ3v) is 4.35. The van der Waals surface area contributed by atoms with Crippen molar-refractivity contribution in [2.75, 3.05) is 38.6 Å². The van der Waals surface area contributed by atoms with Crippen LogP contribution >= 0.6 is 11.6 Å². The maximum atomic E-state index is 12.7. The molecular formula is C17H24ClN3O3. The third-order valence-electron chi connectivity index (χ3n) is 4.12. The number of benzene rings is 1. The number of amides is 2. The summed E-state index contributed by atoms with van der Waals surface area (Å²) < 4.78 is 0. The molecule has 0 bridgehead atoms. The van der Waals surface area contributed by atoms with E-state index >= 15 is 0 Å². The van der Waals surface area contributed by atoms with Crippen molar-refractivity contribution in [3.63, 3.8) is 0 Å². The Hall–Kier alpha value is -1.63. The molecule has 0 spiro atoms. The van der Waals surface area contributed by atoms with Gasteiger partial charge in [-0.25, -0.2) is 0 Å². The molecule has 24 heavy (non-hydrogen) atoms. The Morgan fingerprint density at radius 2 is 2.08 bits per heavy atom. The number of hydrogen-bond acceptors (Lipinski definition) is 4. The zero-order valence-corrected chi connectivity index (χ0v) is 15.2. The van der Waals surface area contributed by atoms with Gasteiger partial charge < -0.3 is 20.2 Å². The molecule has 0 aromatic heterocycles. The van der Waals surface area contributed by atoms with Crippen LogP contribution in [0.5, 0.6) is 0 Å². The maximum Gasteiger partial charge on any atom is 0.240 e. The van der Waals surface area contributed by atoms with Crippen LogP contribution in [-0.4, -0.2) is 61.7 Å². The fraction of sp³-hybridized carbons (Fsp3) is 0.529. The van der Waals surface area contributed by atoms with Crippen LogP contribution in [0.15, 0.2) is 18.2 Å². The van der Waals surface area contributed by atoms with Crippen molar-refractivity contribution in [3.05, 3.63) is 28.8 Å². The zero-order chi connectivity index (χ0) is 18.1. The Morgan fingerprint density at radius 1 is 1.42 bits per heavy atom. The SMILES string of the molecule is CN(C)CC(O)CNC(=O)CN1C(=O)C(C)(C)c2cc(Cl)ccc21. The minimum Gasteiger partial charge on any atom is -0.390 e. The summed E-state index contributed by atoms with van der Waals surface area (Å²) in [5.41, 5.74) is 0.809. The lowest BCUT2D eigenvalue weighted by molar-refractivity contribution is -0.125. The molecule has 0 radical (unpaired) electrons. The van der Waals surface area contributed by atoms with Crippen LogP contribution in [0.3, 0.4) is 0 Å². The molecule has 0 fully saturated rings. The van der Waals surface area contributed by atoms with E-state index in [0.717, 1.165) is 5.56 Å². The quantitative estimate of drug-likeness (QED) is 0.800. The Morgan fingerprint density at radius 3 is 2.71 bits per heavy atom. The highest BCUT2D eigenvalue weighted by Gasteiger charge is 2.44. The van der Waals surface area contributed by atoms with Gasteiger partial charge in [-0.2, -0.15) is 0 Å². The van der Waals surface area contributed by atoms with Crippen molar-refractivity contribution >= 4 is 29.1 Å². The molecule has 1 aliphatic heterocycles. The highest BCUT2D eigenvalue weighted by atomic mass is 35.5. The fourth-order valence-electron chi connectivity index (χ4n) is 2.88. The molecular weight excluding hydrogens is 330 g/mol. The normalized spacial score (nSPS) is 17.1. The molecule has 132 valence electrons. The van der Waals surface area contributed by atoms with Crippen molar-refractivity contribution in [2.45, 2.75) is 25.4 Å². The third kappa shape index (κ3) is 3.88. The number of nitrogens with one attached hydrogen (secondary N) is 1. The number of likely N-dealkylation sites (N-methyl/N-ethyl adjacent to an activating group) is 1. The number of aliphatic hydroxyl groups excluding tert-OH is 1. The highest BCUT2D eigenvalue weighted by molar-refractivity contribution is 6.31. The first-order valence-corrected chi connectivity index (χ1v) is 8.22. The number of nitrogens with zero attached hydrogens (tertiary/aromatic N) is 2. The smallest absolute Gasteiger partial charge is 0.240 e. The Kier molecular flexibility index (Phi) is 5.52. The first-order valence-electron chi connectivity index (χ1n) is 7.84. The van der Waals surface area contributed by atoms with E-state index in [2.05, 4.69) is 5.32 Å². The Bertz CT molecular complexity index is 646. The monoisotopic (exact) mass is 353 g/mol. The molecule has 2 N–H and O–H groups in total. The lowest BCUT2D eigenvalue weighted by Crippen LogP contribution is -2.45. The second kappa shape index (κ2) is 7.09. The summed E-state index contributed by atoms with van der Waals surface area (Å²) in [6, 6.07) is 5.24. The average molecular weight is 354 g/mol. The molecule has 0 aliphatic carbocycles. The minimum atomic E-state index is -0.717. The molecule has 1 aromatic carbocycles. The predicted octanol–water partition coefficient (Wildman–Crippen LogP) is 1.00. The van der Waals surface area contributed by atoms with Gasteiger partial charge in [0.25, 0.3) is 0 Å². The molecule has 6 nitrogen and oxygen atoms in total. The first kappa shape index (κ1) is 18.7. The number of halogens is 1. The molecule has 2 rings (SSSR count). The summed E-state index contributed by atoms with van der Waals surface area (Å²) in [4.78, 5) is 28.1. The molecule has 0 saturated heterocycles. The summed E-state index contributed by atoms with van der Waals surface area (Å²) in [5, 5.41) is 13.0. The number of anilines is 1. The van der Waals surface area contributed by atoms with Gasteiger partial charge in [-0.05, 0) is 51.7 Å². The number of carbonyl (C=O) groups is 2. The lowest BCUT2D eigenvalue weighted by Gasteiger charge is -2.21. The van der Waals surface area contributed by atoms with Gasteiger partial charge in [0, 0.05) is 23.8 Å². The van der Waals surface area contributed by atoms with Crippen molar-refractivity contribution in [3.8, 4) is 0 Å². The van der Waals surface area contributed by atoms with Gasteiger partial charge in [-0.1, -0.05) is 11.6 Å². The molecule has 1 atom stereocenters. The largest absolute Gasteiger partial charge is 0.390 e. The first-order chi connectivity index (χ1) is 11.1. The molecule has 1 unspecified atom stereocenters. The standard InChI is InChI=1S/C17H24ClN3O3/c1-17(2)13-7-11(18)5-6-14(13)21(16(17)24)10-15(23)19-8-12(22)9-20(3)4/h5-7,12,22H,8-10H2,1-4H3,(H,19,23). The summed E-state index contributed by atoms with van der Waals surface area (Å²) in [6.07, 6.45) is -0.652. The summed E-state index contributed by atoms with van der Waals surface area (Å²) in [5.74, 6) is -0.441. The van der Waals surface area contributed by atoms with Crippen LogP contribution in [0.4, 0.5) is 5.69 Å². The Labute approximate surface area is 147 Å². The van der Waals surface area contributed by atoms with E-state index < -0.39 is 11.5 Å². The molecule has 2 amide bonds. The van der Waals surface area contributed by atoms with E-state index in [4.69, 9.17) is 11.6 Å². The number of fused-ring (bicyclic) bond motifs is 1. The second-order valence-electron chi connectivity index (χ2n) is 6.90. The van der Waals surface area contributed by atoms with Gasteiger partial charge >= 0.3 is 0 Å². The average Bonchev–Trinajstić information content (AvgIpc) is 2.66. The fourth-order valence-corrected chi connectivity index (χ4v) is 3.05. The van der Waals surface area contributed by atoms with Gasteiger partial charge in [-0.15, -0.1) is 0 Å². The molecule has 1 heterocycles. The van der Waals surface area contributed by atoms with Crippen molar-refractivity contribution < 1.29 is 14.7 Å². The van der Waals surface area contributed by atoms with Crippen LogP contribution in [0, 0.1) is 0 Å². The van der Waals surface area contributed by atoms with Crippen LogP contribution in [-0.2, 0) is 15.0 Å². The predicted molar refractivity (Wildman–Crippen MR) is 94.4 cm³/mol. The van der Waals surface area contributed by atoms with Crippen molar-refractivity contribution in [2.24, 2.45) is 0 Å². The lowest BCUT2D eigenvalue weighted by atomic mass is 9.86. The van der Waals surface area contributed by atoms with Crippen molar-refractivity contribution in [1.29, 1.82) is 0 Å². The summed E-state index contributed by atoms with van der Waals surface area (Å²) >= 11 is 6.04. The minimum absolute atomic E-state index is 0.0778. The molecule has 1 aliphatic rings. The maximum absolute atomic E-state index is 12.7. The zero-order valence-electron chi connectivity index (χ0n) is 14.5. The number of carbonyl (C=O) groups excluding carboxylic acids is 2. The van der Waals surface area contributed by atoms with Gasteiger partial charge in [0.1, 0.15) is 6.54 Å². The van der Waals surface area contributed by atoms with Gasteiger partial charge in [-0.3, -0.25) is 9.59 Å². The van der Waals surface area contributed by atoms with Crippen LogP contribution < -0.4 is 10.2 Å². The molecule has 0 saturated carbocycles. The number of hydrogen-bond donors (Lipinski definition) is 2. The summed E-state index contributed by atoms with van der Waals surface area (Å²) in [7, 11) is 3.69. The van der Waals surface area contributed by atoms with Gasteiger partial charge in [0.15, 0.2) is 0 Å². The highest BCUT2D eigenvalue weighted by Crippen LogP contribution is 2.42. The van der Waals surface area contributed by atoms with E-state index in [1.165, 1.54) is 4.90 Å². The second-order valence-corrected chi connectivity index (χ2v) is 7.33. The number of aliphatic hydroxyl groups is 1. The molecule has 1 aromatic rings.